The minimum absolute atomic E-state index is 0.0722. The molecule has 0 atom stereocenters. The van der Waals surface area contributed by atoms with Crippen LogP contribution < -0.4 is 10.1 Å². The molecule has 30 heavy (non-hydrogen) atoms. The van der Waals surface area contributed by atoms with E-state index in [1.807, 2.05) is 5.32 Å². The maximum absolute atomic E-state index is 14.1. The van der Waals surface area contributed by atoms with Gasteiger partial charge in [0, 0.05) is 19.2 Å². The normalized spacial score (nSPS) is 11.9. The van der Waals surface area contributed by atoms with Gasteiger partial charge in [-0.1, -0.05) is 11.6 Å². The lowest BCUT2D eigenvalue weighted by Gasteiger charge is -2.18. The largest absolute Gasteiger partial charge is 0.481 e. The monoisotopic (exact) mass is 465 g/mol. The molecule has 2 aromatic rings. The Balaban J connectivity index is 2.27. The summed E-state index contributed by atoms with van der Waals surface area (Å²) in [4.78, 5) is 12.1. The third kappa shape index (κ3) is 4.45. The number of carbonyl (C=O) groups excluding carboxylic acids is 1. The van der Waals surface area contributed by atoms with Gasteiger partial charge in [0.25, 0.3) is 5.91 Å². The summed E-state index contributed by atoms with van der Waals surface area (Å²) in [5.74, 6) is -16.4. The van der Waals surface area contributed by atoms with Gasteiger partial charge in [0.2, 0.25) is 11.6 Å². The Labute approximate surface area is 168 Å². The molecule has 0 aliphatic carbocycles. The maximum Gasteiger partial charge on any atom is 0.340 e. The molecule has 1 heterocycles. The summed E-state index contributed by atoms with van der Waals surface area (Å²) in [6.45, 7) is -1.83. The quantitative estimate of drug-likeness (QED) is 0.494. The number of hydrogen-bond acceptors (Lipinski definition) is 3. The lowest BCUT2D eigenvalue weighted by atomic mass is 10.1. The summed E-state index contributed by atoms with van der Waals surface area (Å²) >= 11 is 5.87. The molecule has 0 unspecified atom stereocenters. The molecule has 0 bridgehead atoms. The van der Waals surface area contributed by atoms with Crippen molar-refractivity contribution in [2.24, 2.45) is 7.05 Å². The van der Waals surface area contributed by atoms with E-state index >= 15 is 0 Å². The van der Waals surface area contributed by atoms with Crippen LogP contribution in [-0.2, 0) is 13.6 Å². The van der Waals surface area contributed by atoms with Crippen molar-refractivity contribution in [1.82, 2.24) is 15.1 Å². The molecule has 14 heteroatoms. The maximum atomic E-state index is 14.1. The number of alkyl halides is 4. The second kappa shape index (κ2) is 8.66. The van der Waals surface area contributed by atoms with Crippen molar-refractivity contribution in [3.05, 3.63) is 45.2 Å². The summed E-state index contributed by atoms with van der Waals surface area (Å²) in [5, 5.41) is 5.75. The zero-order chi connectivity index (χ0) is 23.0. The number of nitrogens with zero attached hydrogens (tertiary/aromatic N) is 2. The number of carbonyl (C=O) groups is 1. The number of benzene rings is 1. The summed E-state index contributed by atoms with van der Waals surface area (Å²) in [5.41, 5.74) is -1.24. The Kier molecular flexibility index (Phi) is 6.84. The van der Waals surface area contributed by atoms with Crippen molar-refractivity contribution in [1.29, 1.82) is 0 Å². The van der Waals surface area contributed by atoms with Crippen LogP contribution in [0.3, 0.4) is 0 Å². The number of hydrogen-bond donors (Lipinski definition) is 1. The van der Waals surface area contributed by atoms with E-state index in [0.29, 0.717) is 0 Å². The van der Waals surface area contributed by atoms with E-state index in [2.05, 4.69) is 9.84 Å². The molecule has 0 fully saturated rings. The van der Waals surface area contributed by atoms with Crippen molar-refractivity contribution < 1.29 is 44.7 Å². The SMILES string of the molecule is Cc1nn(C)c(C(=O)NCc2c(F)c(F)c(OCC(F)(F)C(F)F)c(F)c2F)c1Cl. The van der Waals surface area contributed by atoms with Gasteiger partial charge < -0.3 is 10.1 Å². The van der Waals surface area contributed by atoms with E-state index in [0.717, 1.165) is 4.68 Å². The molecule has 0 aliphatic heterocycles. The highest BCUT2D eigenvalue weighted by Crippen LogP contribution is 2.32. The first-order chi connectivity index (χ1) is 13.8. The topological polar surface area (TPSA) is 56.2 Å². The lowest BCUT2D eigenvalue weighted by molar-refractivity contribution is -0.149. The number of halogens is 9. The lowest BCUT2D eigenvalue weighted by Crippen LogP contribution is -2.34. The number of ether oxygens (including phenoxy) is 1. The molecule has 166 valence electrons. The van der Waals surface area contributed by atoms with Crippen LogP contribution in [-0.4, -0.2) is 34.6 Å². The molecular formula is C16H12ClF8N3O2. The van der Waals surface area contributed by atoms with Gasteiger partial charge in [-0.2, -0.15) is 22.7 Å². The molecule has 0 saturated carbocycles. The molecule has 5 nitrogen and oxygen atoms in total. The van der Waals surface area contributed by atoms with Gasteiger partial charge >= 0.3 is 12.3 Å². The number of amides is 1. The molecule has 1 amide bonds. The first kappa shape index (κ1) is 23.7. The van der Waals surface area contributed by atoms with Crippen LogP contribution in [0.5, 0.6) is 5.75 Å². The van der Waals surface area contributed by atoms with Gasteiger partial charge in [-0.3, -0.25) is 9.48 Å². The summed E-state index contributed by atoms with van der Waals surface area (Å²) < 4.78 is 111. The molecule has 0 saturated heterocycles. The Morgan fingerprint density at radius 3 is 2.13 bits per heavy atom. The molecule has 0 spiro atoms. The predicted octanol–water partition coefficient (Wildman–Crippen LogP) is 4.15. The fraction of sp³-hybridized carbons (Fsp3) is 0.375. The van der Waals surface area contributed by atoms with E-state index in [9.17, 15) is 39.9 Å². The predicted molar refractivity (Wildman–Crippen MR) is 86.8 cm³/mol. The van der Waals surface area contributed by atoms with Gasteiger partial charge in [0.05, 0.1) is 10.7 Å². The molecule has 1 N–H and O–H groups in total. The number of nitrogens with one attached hydrogen (secondary N) is 1. The zero-order valence-electron chi connectivity index (χ0n) is 15.1. The third-order valence-corrected chi connectivity index (χ3v) is 4.28. The highest BCUT2D eigenvalue weighted by molar-refractivity contribution is 6.34. The van der Waals surface area contributed by atoms with Gasteiger partial charge in [-0.25, -0.2) is 17.6 Å². The first-order valence-electron chi connectivity index (χ1n) is 7.90. The van der Waals surface area contributed by atoms with Crippen LogP contribution in [0.4, 0.5) is 35.1 Å². The van der Waals surface area contributed by atoms with Gasteiger partial charge in [0.15, 0.2) is 24.0 Å². The van der Waals surface area contributed by atoms with E-state index < -0.39 is 66.0 Å². The Morgan fingerprint density at radius 2 is 1.70 bits per heavy atom. The van der Waals surface area contributed by atoms with E-state index in [1.165, 1.54) is 14.0 Å². The van der Waals surface area contributed by atoms with E-state index in [1.54, 1.807) is 0 Å². The summed E-state index contributed by atoms with van der Waals surface area (Å²) in [6.07, 6.45) is -4.24. The number of aromatic nitrogens is 2. The standard InChI is InChI=1S/C16H12ClF8N3O2/c1-5-7(17)12(28(2)27-5)14(29)26-3-6-8(18)10(20)13(11(21)9(6)19)30-4-16(24,25)15(22)23/h15H,3-4H2,1-2H3,(H,26,29). The second-order valence-electron chi connectivity index (χ2n) is 5.97. The van der Waals surface area contributed by atoms with Gasteiger partial charge in [0.1, 0.15) is 5.69 Å². The molecule has 1 aromatic heterocycles. The smallest absolute Gasteiger partial charge is 0.340 e. The van der Waals surface area contributed by atoms with Crippen molar-refractivity contribution >= 4 is 17.5 Å². The van der Waals surface area contributed by atoms with E-state index in [-0.39, 0.29) is 16.4 Å². The van der Waals surface area contributed by atoms with Crippen molar-refractivity contribution in [2.75, 3.05) is 6.61 Å². The van der Waals surface area contributed by atoms with E-state index in [4.69, 9.17) is 11.6 Å². The minimum Gasteiger partial charge on any atom is -0.481 e. The highest BCUT2D eigenvalue weighted by atomic mass is 35.5. The fourth-order valence-corrected chi connectivity index (χ4v) is 2.55. The van der Waals surface area contributed by atoms with Crippen molar-refractivity contribution in [2.45, 2.75) is 25.8 Å². The van der Waals surface area contributed by atoms with Crippen LogP contribution in [0.15, 0.2) is 0 Å². The zero-order valence-corrected chi connectivity index (χ0v) is 15.9. The van der Waals surface area contributed by atoms with Crippen LogP contribution in [0.1, 0.15) is 21.7 Å². The van der Waals surface area contributed by atoms with Crippen LogP contribution in [0.2, 0.25) is 5.02 Å². The van der Waals surface area contributed by atoms with Crippen molar-refractivity contribution in [3.63, 3.8) is 0 Å². The van der Waals surface area contributed by atoms with Crippen molar-refractivity contribution in [3.8, 4) is 5.75 Å². The molecule has 2 rings (SSSR count). The van der Waals surface area contributed by atoms with Crippen LogP contribution >= 0.6 is 11.6 Å². The molecule has 1 aromatic carbocycles. The minimum atomic E-state index is -4.82. The average Bonchev–Trinajstić information content (AvgIpc) is 2.91. The fourth-order valence-electron chi connectivity index (χ4n) is 2.30. The molecule has 0 aliphatic rings. The Bertz CT molecular complexity index is 951. The summed E-state index contributed by atoms with van der Waals surface area (Å²) in [6, 6.07) is 0. The Morgan fingerprint density at radius 1 is 1.17 bits per heavy atom. The Hall–Kier alpha value is -2.57. The first-order valence-corrected chi connectivity index (χ1v) is 8.28. The molecular weight excluding hydrogens is 454 g/mol. The van der Waals surface area contributed by atoms with Gasteiger partial charge in [-0.05, 0) is 6.92 Å². The third-order valence-electron chi connectivity index (χ3n) is 3.83. The van der Waals surface area contributed by atoms with Gasteiger partial charge in [-0.15, -0.1) is 0 Å². The average molecular weight is 466 g/mol. The number of aryl methyl sites for hydroxylation is 2. The molecule has 0 radical (unpaired) electrons. The summed E-state index contributed by atoms with van der Waals surface area (Å²) in [7, 11) is 1.34. The second-order valence-corrected chi connectivity index (χ2v) is 6.35. The van der Waals surface area contributed by atoms with Crippen LogP contribution in [0.25, 0.3) is 0 Å². The van der Waals surface area contributed by atoms with Crippen LogP contribution in [0, 0.1) is 30.2 Å². The number of rotatable bonds is 7. The highest BCUT2D eigenvalue weighted by Gasteiger charge is 2.42.